The lowest BCUT2D eigenvalue weighted by Gasteiger charge is -2.35. The summed E-state index contributed by atoms with van der Waals surface area (Å²) in [6.07, 6.45) is 1.83. The molecule has 20 heavy (non-hydrogen) atoms. The molecule has 0 aliphatic carbocycles. The van der Waals surface area contributed by atoms with Crippen molar-refractivity contribution in [2.75, 3.05) is 26.8 Å². The van der Waals surface area contributed by atoms with Gasteiger partial charge in [0.15, 0.2) is 0 Å². The number of benzene rings is 1. The van der Waals surface area contributed by atoms with Crippen LogP contribution in [0.2, 0.25) is 0 Å². The number of rotatable bonds is 4. The van der Waals surface area contributed by atoms with Crippen LogP contribution >= 0.6 is 15.9 Å². The molecule has 1 N–H and O–H groups in total. The average Bonchev–Trinajstić information content (AvgIpc) is 2.48. The summed E-state index contributed by atoms with van der Waals surface area (Å²) in [5.74, 6) is 0.123. The summed E-state index contributed by atoms with van der Waals surface area (Å²) in [5, 5.41) is 9.21. The van der Waals surface area contributed by atoms with E-state index < -0.39 is 0 Å². The normalized spacial score (nSPS) is 18.8. The van der Waals surface area contributed by atoms with Gasteiger partial charge in [-0.1, -0.05) is 28.1 Å². The fourth-order valence-electron chi connectivity index (χ4n) is 2.68. The first-order valence-electron chi connectivity index (χ1n) is 6.84. The number of hydrogen-bond donors (Lipinski definition) is 1. The standard InChI is InChI=1S/C15H20BrNO3/c1-20-15(19)14(12-3-2-4-13(16)9-12)17-7-5-11(10-18)6-8-17/h2-4,9,11,14,18H,5-8,10H2,1H3. The van der Waals surface area contributed by atoms with Crippen molar-refractivity contribution in [2.45, 2.75) is 18.9 Å². The quantitative estimate of drug-likeness (QED) is 0.854. The van der Waals surface area contributed by atoms with Crippen LogP contribution in [0.15, 0.2) is 28.7 Å². The van der Waals surface area contributed by atoms with E-state index in [1.165, 1.54) is 7.11 Å². The zero-order chi connectivity index (χ0) is 14.5. The van der Waals surface area contributed by atoms with Gasteiger partial charge in [-0.05, 0) is 49.5 Å². The molecule has 1 atom stereocenters. The van der Waals surface area contributed by atoms with Crippen LogP contribution < -0.4 is 0 Å². The minimum Gasteiger partial charge on any atom is -0.468 e. The summed E-state index contributed by atoms with van der Waals surface area (Å²) in [5.41, 5.74) is 0.939. The van der Waals surface area contributed by atoms with E-state index in [4.69, 9.17) is 4.74 Å². The number of methoxy groups -OCH3 is 1. The molecule has 1 fully saturated rings. The van der Waals surface area contributed by atoms with Gasteiger partial charge in [0.2, 0.25) is 0 Å². The SMILES string of the molecule is COC(=O)C(c1cccc(Br)c1)N1CCC(CO)CC1. The first-order chi connectivity index (χ1) is 9.65. The van der Waals surface area contributed by atoms with Crippen LogP contribution in [0.5, 0.6) is 0 Å². The van der Waals surface area contributed by atoms with Crippen molar-refractivity contribution in [3.05, 3.63) is 34.3 Å². The van der Waals surface area contributed by atoms with E-state index in [0.29, 0.717) is 5.92 Å². The van der Waals surface area contributed by atoms with Crippen molar-refractivity contribution < 1.29 is 14.6 Å². The third-order valence-electron chi connectivity index (χ3n) is 3.86. The Balaban J connectivity index is 2.18. The van der Waals surface area contributed by atoms with E-state index >= 15 is 0 Å². The number of carbonyl (C=O) groups is 1. The Bertz CT molecular complexity index is 458. The highest BCUT2D eigenvalue weighted by atomic mass is 79.9. The minimum absolute atomic E-state index is 0.230. The Hall–Kier alpha value is -0.910. The Morgan fingerprint density at radius 1 is 1.50 bits per heavy atom. The molecule has 0 aromatic heterocycles. The Labute approximate surface area is 127 Å². The number of aliphatic hydroxyl groups is 1. The second-order valence-corrected chi connectivity index (χ2v) is 6.06. The van der Waals surface area contributed by atoms with Crippen molar-refractivity contribution in [1.82, 2.24) is 4.90 Å². The van der Waals surface area contributed by atoms with Gasteiger partial charge in [0.25, 0.3) is 0 Å². The molecule has 1 heterocycles. The summed E-state index contributed by atoms with van der Waals surface area (Å²) in [6, 6.07) is 7.41. The van der Waals surface area contributed by atoms with E-state index in [2.05, 4.69) is 20.8 Å². The number of esters is 1. The fraction of sp³-hybridized carbons (Fsp3) is 0.533. The highest BCUT2D eigenvalue weighted by molar-refractivity contribution is 9.10. The first-order valence-corrected chi connectivity index (χ1v) is 7.63. The summed E-state index contributed by atoms with van der Waals surface area (Å²) >= 11 is 3.44. The van der Waals surface area contributed by atoms with Gasteiger partial charge < -0.3 is 9.84 Å². The molecule has 2 rings (SSSR count). The monoisotopic (exact) mass is 341 g/mol. The number of aliphatic hydroxyl groups excluding tert-OH is 1. The fourth-order valence-corrected chi connectivity index (χ4v) is 3.09. The van der Waals surface area contributed by atoms with Crippen molar-refractivity contribution in [1.29, 1.82) is 0 Å². The summed E-state index contributed by atoms with van der Waals surface area (Å²) in [4.78, 5) is 14.3. The molecule has 5 heteroatoms. The van der Waals surface area contributed by atoms with Gasteiger partial charge in [0.05, 0.1) is 7.11 Å². The van der Waals surface area contributed by atoms with Crippen molar-refractivity contribution >= 4 is 21.9 Å². The van der Waals surface area contributed by atoms with E-state index in [1.807, 2.05) is 24.3 Å². The van der Waals surface area contributed by atoms with Gasteiger partial charge >= 0.3 is 5.97 Å². The molecule has 110 valence electrons. The number of carbonyl (C=O) groups excluding carboxylic acids is 1. The first kappa shape index (κ1) is 15.5. The number of hydrogen-bond acceptors (Lipinski definition) is 4. The maximum Gasteiger partial charge on any atom is 0.327 e. The molecule has 4 nitrogen and oxygen atoms in total. The molecule has 0 bridgehead atoms. The number of nitrogens with zero attached hydrogens (tertiary/aromatic N) is 1. The zero-order valence-corrected chi connectivity index (χ0v) is 13.2. The van der Waals surface area contributed by atoms with Gasteiger partial charge in [-0.15, -0.1) is 0 Å². The Morgan fingerprint density at radius 3 is 2.75 bits per heavy atom. The highest BCUT2D eigenvalue weighted by Gasteiger charge is 2.31. The minimum atomic E-state index is -0.364. The molecule has 0 amide bonds. The second-order valence-electron chi connectivity index (χ2n) is 5.14. The second kappa shape index (κ2) is 7.20. The topological polar surface area (TPSA) is 49.8 Å². The van der Waals surface area contributed by atoms with E-state index in [-0.39, 0.29) is 18.6 Å². The molecule has 1 aromatic carbocycles. The molecule has 1 aliphatic rings. The number of halogens is 1. The van der Waals surface area contributed by atoms with Gasteiger partial charge in [0.1, 0.15) is 6.04 Å². The molecule has 1 aromatic rings. The van der Waals surface area contributed by atoms with Gasteiger partial charge in [0, 0.05) is 11.1 Å². The van der Waals surface area contributed by atoms with E-state index in [9.17, 15) is 9.90 Å². The molecular weight excluding hydrogens is 322 g/mol. The van der Waals surface area contributed by atoms with E-state index in [0.717, 1.165) is 36.0 Å². The zero-order valence-electron chi connectivity index (χ0n) is 11.6. The van der Waals surface area contributed by atoms with Crippen LogP contribution in [0.4, 0.5) is 0 Å². The van der Waals surface area contributed by atoms with Gasteiger partial charge in [-0.25, -0.2) is 4.79 Å². The van der Waals surface area contributed by atoms with Crippen LogP contribution in [0.1, 0.15) is 24.4 Å². The summed E-state index contributed by atoms with van der Waals surface area (Å²) in [6.45, 7) is 1.84. The molecule has 1 unspecified atom stereocenters. The van der Waals surface area contributed by atoms with Crippen molar-refractivity contribution in [3.63, 3.8) is 0 Å². The highest BCUT2D eigenvalue weighted by Crippen LogP contribution is 2.29. The van der Waals surface area contributed by atoms with Crippen molar-refractivity contribution in [2.24, 2.45) is 5.92 Å². The number of likely N-dealkylation sites (tertiary alicyclic amines) is 1. The molecule has 1 aliphatic heterocycles. The Morgan fingerprint density at radius 2 is 2.20 bits per heavy atom. The van der Waals surface area contributed by atoms with E-state index in [1.54, 1.807) is 0 Å². The van der Waals surface area contributed by atoms with Gasteiger partial charge in [-0.3, -0.25) is 4.90 Å². The van der Waals surface area contributed by atoms with Crippen LogP contribution in [0.3, 0.4) is 0 Å². The molecule has 0 radical (unpaired) electrons. The van der Waals surface area contributed by atoms with Crippen LogP contribution in [0, 0.1) is 5.92 Å². The average molecular weight is 342 g/mol. The lowest BCUT2D eigenvalue weighted by Crippen LogP contribution is -2.41. The maximum absolute atomic E-state index is 12.1. The summed E-state index contributed by atoms with van der Waals surface area (Å²) in [7, 11) is 1.42. The third-order valence-corrected chi connectivity index (χ3v) is 4.35. The predicted molar refractivity (Wildman–Crippen MR) is 80.3 cm³/mol. The summed E-state index contributed by atoms with van der Waals surface area (Å²) < 4.78 is 5.92. The van der Waals surface area contributed by atoms with Crippen molar-refractivity contribution in [3.8, 4) is 0 Å². The maximum atomic E-state index is 12.1. The van der Waals surface area contributed by atoms with Crippen LogP contribution in [0.25, 0.3) is 0 Å². The molecular formula is C15H20BrNO3. The van der Waals surface area contributed by atoms with Gasteiger partial charge in [-0.2, -0.15) is 0 Å². The lowest BCUT2D eigenvalue weighted by atomic mass is 9.95. The Kier molecular flexibility index (Phi) is 5.57. The number of piperidine rings is 1. The lowest BCUT2D eigenvalue weighted by molar-refractivity contribution is -0.148. The molecule has 1 saturated heterocycles. The van der Waals surface area contributed by atoms with Crippen LogP contribution in [-0.4, -0.2) is 42.8 Å². The molecule has 0 spiro atoms. The third kappa shape index (κ3) is 3.59. The smallest absolute Gasteiger partial charge is 0.327 e. The largest absolute Gasteiger partial charge is 0.468 e. The number of ether oxygens (including phenoxy) is 1. The molecule has 0 saturated carbocycles. The predicted octanol–water partition coefficient (Wildman–Crippen LogP) is 2.37. The van der Waals surface area contributed by atoms with Crippen LogP contribution in [-0.2, 0) is 9.53 Å².